The first-order valence-electron chi connectivity index (χ1n) is 16.2. The second kappa shape index (κ2) is 10.8. The van der Waals surface area contributed by atoms with Crippen molar-refractivity contribution in [3.8, 4) is 0 Å². The van der Waals surface area contributed by atoms with Crippen LogP contribution in [0.15, 0.2) is 24.9 Å². The molecule has 4 fully saturated rings. The molecule has 2 aromatic rings. The number of piperidine rings is 1. The summed E-state index contributed by atoms with van der Waals surface area (Å²) in [6, 6.07) is 2.83. The molecule has 4 atom stereocenters. The SMILES string of the molecule is C=CC(=O)N1CCN(C2CN3c4cc(N5CCC6(CC5)OC5COCC5n5ncc(C)c56)nc(C(F)F)c4CCCC23)CC1. The Bertz CT molecular complexity index is 1450. The van der Waals surface area contributed by atoms with Gasteiger partial charge in [-0.1, -0.05) is 6.58 Å². The number of fused-ring (bicyclic) bond motifs is 7. The second-order valence-electron chi connectivity index (χ2n) is 13.3. The average molecular weight is 610 g/mol. The number of pyridine rings is 1. The van der Waals surface area contributed by atoms with Crippen molar-refractivity contribution < 1.29 is 23.0 Å². The minimum Gasteiger partial charge on any atom is -0.376 e. The van der Waals surface area contributed by atoms with Gasteiger partial charge in [-0.2, -0.15) is 5.10 Å². The van der Waals surface area contributed by atoms with E-state index in [1.165, 1.54) is 6.08 Å². The van der Waals surface area contributed by atoms with E-state index in [-0.39, 0.29) is 29.8 Å². The van der Waals surface area contributed by atoms with Crippen LogP contribution in [0.1, 0.15) is 60.7 Å². The van der Waals surface area contributed by atoms with Gasteiger partial charge in [0.2, 0.25) is 5.91 Å². The Balaban J connectivity index is 1.03. The molecule has 0 N–H and O–H groups in total. The Labute approximate surface area is 256 Å². The molecule has 0 saturated carbocycles. The number of halogens is 2. The summed E-state index contributed by atoms with van der Waals surface area (Å²) in [7, 11) is 0. The van der Waals surface area contributed by atoms with Crippen molar-refractivity contribution in [2.45, 2.75) is 75.3 Å². The second-order valence-corrected chi connectivity index (χ2v) is 13.3. The predicted octanol–water partition coefficient (Wildman–Crippen LogP) is 3.21. The van der Waals surface area contributed by atoms with Gasteiger partial charge in [0.15, 0.2) is 0 Å². The number of hydrogen-bond acceptors (Lipinski definition) is 8. The molecule has 0 radical (unpaired) electrons. The van der Waals surface area contributed by atoms with Crippen LogP contribution in [0.2, 0.25) is 0 Å². The lowest BCUT2D eigenvalue weighted by molar-refractivity contribution is -0.147. The molecule has 4 saturated heterocycles. The number of nitrogens with zero attached hydrogens (tertiary/aromatic N) is 7. The first-order valence-corrected chi connectivity index (χ1v) is 16.2. The Morgan fingerprint density at radius 2 is 1.91 bits per heavy atom. The molecule has 1 amide bonds. The highest BCUT2D eigenvalue weighted by molar-refractivity contribution is 5.87. The van der Waals surface area contributed by atoms with E-state index >= 15 is 0 Å². The van der Waals surface area contributed by atoms with Crippen LogP contribution in [-0.4, -0.2) is 108 Å². The molecule has 0 bridgehead atoms. The van der Waals surface area contributed by atoms with E-state index in [2.05, 4.69) is 43.9 Å². The molecule has 1 spiro atoms. The highest BCUT2D eigenvalue weighted by Crippen LogP contribution is 2.48. The molecule has 8 rings (SSSR count). The molecular formula is C32H41F2N7O3. The highest BCUT2D eigenvalue weighted by Gasteiger charge is 2.51. The number of hydrogen-bond donors (Lipinski definition) is 0. The van der Waals surface area contributed by atoms with Gasteiger partial charge in [-0.05, 0) is 50.7 Å². The third-order valence-corrected chi connectivity index (χ3v) is 11.1. The van der Waals surface area contributed by atoms with E-state index in [1.807, 2.05) is 11.1 Å². The molecule has 0 aromatic carbocycles. The maximum Gasteiger partial charge on any atom is 0.280 e. The summed E-state index contributed by atoms with van der Waals surface area (Å²) in [5.41, 5.74) is 3.38. The maximum absolute atomic E-state index is 14.6. The number of carbonyl (C=O) groups is 1. The van der Waals surface area contributed by atoms with E-state index in [4.69, 9.17) is 14.6 Å². The molecule has 4 unspecified atom stereocenters. The van der Waals surface area contributed by atoms with Crippen LogP contribution in [0.25, 0.3) is 0 Å². The van der Waals surface area contributed by atoms with Gasteiger partial charge in [-0.15, -0.1) is 0 Å². The van der Waals surface area contributed by atoms with Crippen LogP contribution in [0.3, 0.4) is 0 Å². The maximum atomic E-state index is 14.6. The molecule has 6 aliphatic heterocycles. The Morgan fingerprint density at radius 1 is 1.11 bits per heavy atom. The van der Waals surface area contributed by atoms with Crippen molar-refractivity contribution in [1.29, 1.82) is 0 Å². The van der Waals surface area contributed by atoms with Crippen molar-refractivity contribution in [2.24, 2.45) is 0 Å². The Morgan fingerprint density at radius 3 is 2.66 bits per heavy atom. The molecule has 6 aliphatic rings. The third-order valence-electron chi connectivity index (χ3n) is 11.1. The van der Waals surface area contributed by atoms with Crippen molar-refractivity contribution in [3.05, 3.63) is 47.4 Å². The number of piperazine rings is 1. The van der Waals surface area contributed by atoms with Crippen molar-refractivity contribution in [3.63, 3.8) is 0 Å². The summed E-state index contributed by atoms with van der Waals surface area (Å²) in [6.45, 7) is 12.1. The van der Waals surface area contributed by atoms with E-state index in [9.17, 15) is 13.6 Å². The zero-order valence-electron chi connectivity index (χ0n) is 25.3. The fourth-order valence-corrected chi connectivity index (χ4v) is 8.75. The van der Waals surface area contributed by atoms with Crippen LogP contribution in [0, 0.1) is 6.92 Å². The molecule has 44 heavy (non-hydrogen) atoms. The van der Waals surface area contributed by atoms with Gasteiger partial charge in [0.25, 0.3) is 6.43 Å². The number of alkyl halides is 2. The number of carbonyl (C=O) groups excluding carboxylic acids is 1. The van der Waals surface area contributed by atoms with Crippen LogP contribution in [-0.2, 0) is 26.3 Å². The van der Waals surface area contributed by atoms with Crippen molar-refractivity contribution >= 4 is 17.4 Å². The van der Waals surface area contributed by atoms with Gasteiger partial charge in [-0.3, -0.25) is 14.4 Å². The summed E-state index contributed by atoms with van der Waals surface area (Å²) >= 11 is 0. The molecule has 0 aliphatic carbocycles. The fraction of sp³-hybridized carbons (Fsp3) is 0.656. The van der Waals surface area contributed by atoms with Gasteiger partial charge >= 0.3 is 0 Å². The first kappa shape index (κ1) is 28.4. The van der Waals surface area contributed by atoms with E-state index in [0.29, 0.717) is 63.2 Å². The number of ether oxygens (including phenoxy) is 2. The number of aryl methyl sites for hydroxylation is 1. The lowest BCUT2D eigenvalue weighted by Crippen LogP contribution is -2.69. The van der Waals surface area contributed by atoms with Gasteiger partial charge in [0, 0.05) is 75.2 Å². The molecule has 236 valence electrons. The Hall–Kier alpha value is -3.09. The molecule has 10 nitrogen and oxygen atoms in total. The topological polar surface area (TPSA) is 79.2 Å². The predicted molar refractivity (Wildman–Crippen MR) is 160 cm³/mol. The lowest BCUT2D eigenvalue weighted by atomic mass is 9.83. The first-order chi connectivity index (χ1) is 21.4. The quantitative estimate of drug-likeness (QED) is 0.490. The highest BCUT2D eigenvalue weighted by atomic mass is 19.3. The third kappa shape index (κ3) is 4.39. The molecular weight excluding hydrogens is 568 g/mol. The lowest BCUT2D eigenvalue weighted by Gasteiger charge is -2.55. The van der Waals surface area contributed by atoms with Crippen LogP contribution < -0.4 is 9.80 Å². The number of rotatable bonds is 4. The van der Waals surface area contributed by atoms with Crippen LogP contribution >= 0.6 is 0 Å². The minimum absolute atomic E-state index is 0.0148. The summed E-state index contributed by atoms with van der Waals surface area (Å²) in [5, 5.41) is 4.71. The van der Waals surface area contributed by atoms with E-state index in [0.717, 1.165) is 62.3 Å². The molecule has 12 heteroatoms. The van der Waals surface area contributed by atoms with Crippen LogP contribution in [0.5, 0.6) is 0 Å². The zero-order valence-corrected chi connectivity index (χ0v) is 25.3. The number of aromatic nitrogens is 3. The largest absolute Gasteiger partial charge is 0.376 e. The number of amides is 1. The summed E-state index contributed by atoms with van der Waals surface area (Å²) in [5.74, 6) is 0.622. The Kier molecular flexibility index (Phi) is 6.95. The average Bonchev–Trinajstić information content (AvgIpc) is 3.62. The molecule has 2 aromatic heterocycles. The minimum atomic E-state index is -2.62. The van der Waals surface area contributed by atoms with Gasteiger partial charge in [-0.25, -0.2) is 13.8 Å². The van der Waals surface area contributed by atoms with Gasteiger partial charge < -0.3 is 24.2 Å². The van der Waals surface area contributed by atoms with Crippen LogP contribution in [0.4, 0.5) is 20.3 Å². The summed E-state index contributed by atoms with van der Waals surface area (Å²) in [4.78, 5) is 25.6. The van der Waals surface area contributed by atoms with Crippen molar-refractivity contribution in [1.82, 2.24) is 24.6 Å². The van der Waals surface area contributed by atoms with Crippen molar-refractivity contribution in [2.75, 3.05) is 68.8 Å². The summed E-state index contributed by atoms with van der Waals surface area (Å²) < 4.78 is 43.8. The standard InChI is InChI=1S/C32H41F2N7O3/c1-3-28(42)39-13-11-37(12-14-39)24-17-40-22(24)6-4-5-21-23(40)15-27(36-29(21)31(33)34)38-9-7-32(8-10-38)30-20(2)16-35-41(30)25-18-43-19-26(25)44-32/h3,15-16,22,24-26,31H,1,4-14,17-19H2,2H3. The smallest absolute Gasteiger partial charge is 0.280 e. The van der Waals surface area contributed by atoms with Gasteiger partial charge in [0.1, 0.15) is 29.3 Å². The number of anilines is 2. The van der Waals surface area contributed by atoms with E-state index < -0.39 is 12.0 Å². The monoisotopic (exact) mass is 609 g/mol. The zero-order chi connectivity index (χ0) is 30.2. The fourth-order valence-electron chi connectivity index (χ4n) is 8.75. The van der Waals surface area contributed by atoms with E-state index in [1.54, 1.807) is 0 Å². The normalized spacial score (nSPS) is 29.5. The van der Waals surface area contributed by atoms with Gasteiger partial charge in [0.05, 0.1) is 25.1 Å². The summed E-state index contributed by atoms with van der Waals surface area (Å²) in [6.07, 6.45) is 4.58. The molecule has 8 heterocycles.